The van der Waals surface area contributed by atoms with Gasteiger partial charge in [0.2, 0.25) is 0 Å². The molecule has 2 atom stereocenters. The number of allylic oxidation sites excluding steroid dienone is 3. The molecule has 0 spiro atoms. The van der Waals surface area contributed by atoms with Gasteiger partial charge in [0.25, 0.3) is 0 Å². The van der Waals surface area contributed by atoms with Gasteiger partial charge >= 0.3 is 0 Å². The SMILES string of the molecule is C/C=C/C=C/CO[C@@H]1CO[C@@H](c2ccc(Cl)cc2)CO1. The Hall–Kier alpha value is -1.13. The molecule has 1 saturated heterocycles. The molecule has 0 unspecified atom stereocenters. The van der Waals surface area contributed by atoms with Gasteiger partial charge in [-0.2, -0.15) is 0 Å². The van der Waals surface area contributed by atoms with Gasteiger partial charge in [-0.05, 0) is 24.6 Å². The van der Waals surface area contributed by atoms with Crippen LogP contribution in [0.2, 0.25) is 5.02 Å². The third-order valence-electron chi connectivity index (χ3n) is 2.93. The fourth-order valence-corrected chi connectivity index (χ4v) is 1.99. The summed E-state index contributed by atoms with van der Waals surface area (Å²) >= 11 is 5.86. The van der Waals surface area contributed by atoms with Crippen molar-refractivity contribution >= 4 is 11.6 Å². The van der Waals surface area contributed by atoms with Crippen molar-refractivity contribution in [3.63, 3.8) is 0 Å². The monoisotopic (exact) mass is 294 g/mol. The van der Waals surface area contributed by atoms with Crippen molar-refractivity contribution in [3.8, 4) is 0 Å². The Labute approximate surface area is 124 Å². The van der Waals surface area contributed by atoms with E-state index in [4.69, 9.17) is 25.8 Å². The second-order valence-corrected chi connectivity index (χ2v) is 4.86. The van der Waals surface area contributed by atoms with E-state index >= 15 is 0 Å². The second kappa shape index (κ2) is 8.22. The van der Waals surface area contributed by atoms with Gasteiger partial charge in [0.1, 0.15) is 6.10 Å². The van der Waals surface area contributed by atoms with Crippen molar-refractivity contribution in [2.24, 2.45) is 0 Å². The lowest BCUT2D eigenvalue weighted by Crippen LogP contribution is -2.33. The highest BCUT2D eigenvalue weighted by Crippen LogP contribution is 2.24. The molecule has 1 aliphatic rings. The number of rotatable bonds is 5. The largest absolute Gasteiger partial charge is 0.366 e. The first kappa shape index (κ1) is 15.3. The molecule has 3 nitrogen and oxygen atoms in total. The summed E-state index contributed by atoms with van der Waals surface area (Å²) in [6.45, 7) is 3.42. The molecule has 4 heteroatoms. The van der Waals surface area contributed by atoms with Crippen LogP contribution in [0.5, 0.6) is 0 Å². The average Bonchev–Trinajstić information content (AvgIpc) is 2.49. The lowest BCUT2D eigenvalue weighted by Gasteiger charge is -2.29. The van der Waals surface area contributed by atoms with E-state index in [-0.39, 0.29) is 12.4 Å². The van der Waals surface area contributed by atoms with E-state index in [0.717, 1.165) is 10.6 Å². The summed E-state index contributed by atoms with van der Waals surface area (Å²) in [4.78, 5) is 0. The highest BCUT2D eigenvalue weighted by molar-refractivity contribution is 6.30. The highest BCUT2D eigenvalue weighted by atomic mass is 35.5. The standard InChI is InChI=1S/C16H19ClO3/c1-2-3-4-5-10-18-16-12-19-15(11-20-16)13-6-8-14(17)9-7-13/h2-9,15-16H,10-12H2,1H3/b3-2+,5-4+/t15-,16+/m1/s1. The fourth-order valence-electron chi connectivity index (χ4n) is 1.86. The van der Waals surface area contributed by atoms with E-state index in [1.165, 1.54) is 0 Å². The van der Waals surface area contributed by atoms with Gasteiger partial charge in [0.15, 0.2) is 6.29 Å². The molecule has 1 aliphatic heterocycles. The van der Waals surface area contributed by atoms with Crippen molar-refractivity contribution in [1.82, 2.24) is 0 Å². The van der Waals surface area contributed by atoms with Gasteiger partial charge in [-0.1, -0.05) is 48.0 Å². The lowest BCUT2D eigenvalue weighted by atomic mass is 10.1. The molecule has 1 heterocycles. The zero-order valence-corrected chi connectivity index (χ0v) is 12.3. The third kappa shape index (κ3) is 4.76. The first-order valence-corrected chi connectivity index (χ1v) is 7.05. The molecule has 0 aromatic heterocycles. The Kier molecular flexibility index (Phi) is 6.27. The van der Waals surface area contributed by atoms with E-state index < -0.39 is 0 Å². The predicted octanol–water partition coefficient (Wildman–Crippen LogP) is 3.90. The minimum atomic E-state index is -0.297. The zero-order valence-electron chi connectivity index (χ0n) is 11.5. The van der Waals surface area contributed by atoms with Crippen LogP contribution < -0.4 is 0 Å². The maximum atomic E-state index is 5.86. The van der Waals surface area contributed by atoms with Gasteiger partial charge in [0, 0.05) is 5.02 Å². The van der Waals surface area contributed by atoms with Crippen molar-refractivity contribution in [2.75, 3.05) is 19.8 Å². The van der Waals surface area contributed by atoms with Gasteiger partial charge < -0.3 is 14.2 Å². The summed E-state index contributed by atoms with van der Waals surface area (Å²) < 4.78 is 17.0. The molecule has 2 rings (SSSR count). The summed E-state index contributed by atoms with van der Waals surface area (Å²) in [6, 6.07) is 7.62. The minimum absolute atomic E-state index is 0.0503. The minimum Gasteiger partial charge on any atom is -0.366 e. The third-order valence-corrected chi connectivity index (χ3v) is 3.18. The van der Waals surface area contributed by atoms with Crippen LogP contribution in [0.3, 0.4) is 0 Å². The molecule has 0 aliphatic carbocycles. The molecular formula is C16H19ClO3. The Morgan fingerprint density at radius 1 is 1.20 bits per heavy atom. The van der Waals surface area contributed by atoms with Crippen LogP contribution >= 0.6 is 11.6 Å². The maximum absolute atomic E-state index is 5.86. The van der Waals surface area contributed by atoms with Crippen LogP contribution in [-0.4, -0.2) is 26.1 Å². The lowest BCUT2D eigenvalue weighted by molar-refractivity contribution is -0.232. The van der Waals surface area contributed by atoms with Crippen molar-refractivity contribution in [1.29, 1.82) is 0 Å². The average molecular weight is 295 g/mol. The first-order valence-electron chi connectivity index (χ1n) is 6.67. The Morgan fingerprint density at radius 3 is 2.65 bits per heavy atom. The van der Waals surface area contributed by atoms with Gasteiger partial charge in [0.05, 0.1) is 19.8 Å². The summed E-state index contributed by atoms with van der Waals surface area (Å²) in [5.41, 5.74) is 1.07. The Morgan fingerprint density at radius 2 is 2.00 bits per heavy atom. The number of hydrogen-bond acceptors (Lipinski definition) is 3. The van der Waals surface area contributed by atoms with E-state index in [0.29, 0.717) is 19.8 Å². The van der Waals surface area contributed by atoms with E-state index in [1.54, 1.807) is 0 Å². The molecular weight excluding hydrogens is 276 g/mol. The van der Waals surface area contributed by atoms with Crippen LogP contribution in [0.15, 0.2) is 48.6 Å². The second-order valence-electron chi connectivity index (χ2n) is 4.42. The van der Waals surface area contributed by atoms with E-state index in [2.05, 4.69) is 0 Å². The number of hydrogen-bond donors (Lipinski definition) is 0. The molecule has 108 valence electrons. The highest BCUT2D eigenvalue weighted by Gasteiger charge is 2.23. The molecule has 1 aromatic carbocycles. The summed E-state index contributed by atoms with van der Waals surface area (Å²) in [5, 5.41) is 0.722. The Bertz CT molecular complexity index is 445. The van der Waals surface area contributed by atoms with Crippen LogP contribution in [-0.2, 0) is 14.2 Å². The summed E-state index contributed by atoms with van der Waals surface area (Å²) in [6.07, 6.45) is 7.46. The van der Waals surface area contributed by atoms with E-state index in [9.17, 15) is 0 Å². The molecule has 0 N–H and O–H groups in total. The summed E-state index contributed by atoms with van der Waals surface area (Å²) in [7, 11) is 0. The normalized spacial score (nSPS) is 23.7. The van der Waals surface area contributed by atoms with Crippen molar-refractivity contribution in [2.45, 2.75) is 19.3 Å². The maximum Gasteiger partial charge on any atom is 0.181 e. The van der Waals surface area contributed by atoms with Crippen molar-refractivity contribution < 1.29 is 14.2 Å². The zero-order chi connectivity index (χ0) is 14.2. The predicted molar refractivity (Wildman–Crippen MR) is 79.8 cm³/mol. The van der Waals surface area contributed by atoms with Crippen LogP contribution in [0.25, 0.3) is 0 Å². The van der Waals surface area contributed by atoms with Crippen LogP contribution in [0.1, 0.15) is 18.6 Å². The quantitative estimate of drug-likeness (QED) is 0.771. The number of benzene rings is 1. The number of halogens is 1. The molecule has 1 fully saturated rings. The molecule has 0 saturated carbocycles. The Balaban J connectivity index is 1.73. The van der Waals surface area contributed by atoms with Crippen LogP contribution in [0.4, 0.5) is 0 Å². The van der Waals surface area contributed by atoms with Gasteiger partial charge in [-0.15, -0.1) is 0 Å². The van der Waals surface area contributed by atoms with Crippen LogP contribution in [0, 0.1) is 0 Å². The number of ether oxygens (including phenoxy) is 3. The molecule has 0 radical (unpaired) electrons. The first-order chi connectivity index (χ1) is 9.79. The molecule has 0 amide bonds. The topological polar surface area (TPSA) is 27.7 Å². The smallest absolute Gasteiger partial charge is 0.181 e. The fraction of sp³-hybridized carbons (Fsp3) is 0.375. The van der Waals surface area contributed by atoms with Crippen molar-refractivity contribution in [3.05, 3.63) is 59.2 Å². The molecule has 1 aromatic rings. The van der Waals surface area contributed by atoms with Gasteiger partial charge in [-0.3, -0.25) is 0 Å². The van der Waals surface area contributed by atoms with E-state index in [1.807, 2.05) is 55.5 Å². The van der Waals surface area contributed by atoms with Gasteiger partial charge in [-0.25, -0.2) is 0 Å². The molecule has 0 bridgehead atoms. The summed E-state index contributed by atoms with van der Waals surface area (Å²) in [5.74, 6) is 0. The molecule has 20 heavy (non-hydrogen) atoms.